The van der Waals surface area contributed by atoms with Gasteiger partial charge in [-0.3, -0.25) is 0 Å². The summed E-state index contributed by atoms with van der Waals surface area (Å²) >= 11 is 3.38. The summed E-state index contributed by atoms with van der Waals surface area (Å²) in [6.07, 6.45) is 1.13. The second kappa shape index (κ2) is 4.09. The summed E-state index contributed by atoms with van der Waals surface area (Å²) in [7, 11) is 0. The number of oxazole rings is 1. The molecule has 0 bridgehead atoms. The Hall–Kier alpha value is -1.62. The number of rotatable bonds is 2. The predicted molar refractivity (Wildman–Crippen MR) is 61.3 cm³/mol. The highest BCUT2D eigenvalue weighted by atomic mass is 79.9. The molecule has 82 valence electrons. The van der Waals surface area contributed by atoms with E-state index < -0.39 is 5.97 Å². The Balaban J connectivity index is 2.54. The number of halogens is 1. The zero-order chi connectivity index (χ0) is 11.7. The molecule has 0 atom stereocenters. The summed E-state index contributed by atoms with van der Waals surface area (Å²) in [5.74, 6) is -0.825. The highest BCUT2D eigenvalue weighted by Crippen LogP contribution is 2.27. The molecule has 0 aliphatic rings. The first kappa shape index (κ1) is 10.9. The lowest BCUT2D eigenvalue weighted by molar-refractivity contribution is 0.0691. The zero-order valence-electron chi connectivity index (χ0n) is 8.40. The number of hydrogen-bond donors (Lipinski definition) is 1. The average Bonchev–Trinajstić information content (AvgIpc) is 2.71. The van der Waals surface area contributed by atoms with E-state index in [2.05, 4.69) is 20.9 Å². The zero-order valence-corrected chi connectivity index (χ0v) is 9.98. The van der Waals surface area contributed by atoms with Crippen LogP contribution in [0.4, 0.5) is 0 Å². The third-order valence-corrected chi connectivity index (χ3v) is 3.06. The number of aromatic carboxylic acids is 1. The van der Waals surface area contributed by atoms with Crippen LogP contribution in [0.2, 0.25) is 0 Å². The van der Waals surface area contributed by atoms with Crippen LogP contribution in [0.25, 0.3) is 11.3 Å². The molecule has 1 N–H and O–H groups in total. The van der Waals surface area contributed by atoms with Crippen LogP contribution >= 0.6 is 15.9 Å². The van der Waals surface area contributed by atoms with Crippen LogP contribution in [0.1, 0.15) is 16.1 Å². The first-order valence-corrected chi connectivity index (χ1v) is 5.32. The minimum absolute atomic E-state index is 0.0734. The summed E-state index contributed by atoms with van der Waals surface area (Å²) in [4.78, 5) is 14.5. The largest absolute Gasteiger partial charge is 0.476 e. The van der Waals surface area contributed by atoms with Crippen LogP contribution in [0, 0.1) is 6.92 Å². The van der Waals surface area contributed by atoms with Crippen molar-refractivity contribution in [2.45, 2.75) is 6.92 Å². The van der Waals surface area contributed by atoms with Crippen molar-refractivity contribution >= 4 is 21.9 Å². The molecular weight excluding hydrogens is 274 g/mol. The van der Waals surface area contributed by atoms with Crippen molar-refractivity contribution in [1.82, 2.24) is 4.98 Å². The van der Waals surface area contributed by atoms with E-state index in [0.717, 1.165) is 16.4 Å². The molecule has 16 heavy (non-hydrogen) atoms. The molecule has 1 aromatic heterocycles. The van der Waals surface area contributed by atoms with Crippen LogP contribution in [-0.2, 0) is 0 Å². The average molecular weight is 282 g/mol. The molecule has 0 radical (unpaired) electrons. The van der Waals surface area contributed by atoms with Gasteiger partial charge in [-0.25, -0.2) is 9.78 Å². The molecule has 4 nitrogen and oxygen atoms in total. The molecule has 0 saturated carbocycles. The third-order valence-electron chi connectivity index (χ3n) is 2.20. The molecule has 0 fully saturated rings. The lowest BCUT2D eigenvalue weighted by Crippen LogP contribution is -1.98. The van der Waals surface area contributed by atoms with E-state index in [-0.39, 0.29) is 11.5 Å². The first-order valence-electron chi connectivity index (χ1n) is 4.53. The van der Waals surface area contributed by atoms with Crippen molar-refractivity contribution in [3.63, 3.8) is 0 Å². The standard InChI is InChI=1S/C11H8BrNO3/c1-6-2-3-7(4-8(6)12)10-9(11(14)15)13-5-16-10/h2-5H,1H3,(H,14,15). The number of carboxylic acids is 1. The van der Waals surface area contributed by atoms with Crippen molar-refractivity contribution in [3.05, 3.63) is 40.3 Å². The molecule has 0 saturated heterocycles. The molecule has 0 spiro atoms. The van der Waals surface area contributed by atoms with Crippen LogP contribution in [0.5, 0.6) is 0 Å². The van der Waals surface area contributed by atoms with Crippen LogP contribution < -0.4 is 0 Å². The minimum atomic E-state index is -1.10. The number of aromatic nitrogens is 1. The molecule has 2 rings (SSSR count). The van der Waals surface area contributed by atoms with Gasteiger partial charge in [0.15, 0.2) is 17.8 Å². The number of carboxylic acid groups (broad SMARTS) is 1. The van der Waals surface area contributed by atoms with Gasteiger partial charge in [-0.05, 0) is 18.6 Å². The van der Waals surface area contributed by atoms with Gasteiger partial charge >= 0.3 is 5.97 Å². The molecule has 1 aromatic carbocycles. The van der Waals surface area contributed by atoms with Crippen LogP contribution in [-0.4, -0.2) is 16.1 Å². The van der Waals surface area contributed by atoms with E-state index in [1.165, 1.54) is 0 Å². The van der Waals surface area contributed by atoms with Crippen molar-refractivity contribution in [2.75, 3.05) is 0 Å². The Morgan fingerprint density at radius 2 is 2.25 bits per heavy atom. The third kappa shape index (κ3) is 1.86. The molecule has 0 unspecified atom stereocenters. The highest BCUT2D eigenvalue weighted by Gasteiger charge is 2.17. The normalized spacial score (nSPS) is 10.4. The quantitative estimate of drug-likeness (QED) is 0.919. The van der Waals surface area contributed by atoms with Gasteiger partial charge in [0.1, 0.15) is 0 Å². The van der Waals surface area contributed by atoms with Crippen molar-refractivity contribution in [2.24, 2.45) is 0 Å². The molecule has 1 heterocycles. The fourth-order valence-electron chi connectivity index (χ4n) is 1.34. The number of carbonyl (C=O) groups is 1. The van der Waals surface area contributed by atoms with Gasteiger partial charge in [-0.2, -0.15) is 0 Å². The van der Waals surface area contributed by atoms with E-state index in [4.69, 9.17) is 9.52 Å². The second-order valence-corrected chi connectivity index (χ2v) is 4.15. The molecule has 0 amide bonds. The van der Waals surface area contributed by atoms with Gasteiger partial charge < -0.3 is 9.52 Å². The van der Waals surface area contributed by atoms with E-state index >= 15 is 0 Å². The fraction of sp³-hybridized carbons (Fsp3) is 0.0909. The summed E-state index contributed by atoms with van der Waals surface area (Å²) in [6, 6.07) is 5.49. The Bertz CT molecular complexity index is 548. The highest BCUT2D eigenvalue weighted by molar-refractivity contribution is 9.10. The van der Waals surface area contributed by atoms with E-state index in [1.54, 1.807) is 6.07 Å². The maximum Gasteiger partial charge on any atom is 0.358 e. The first-order chi connectivity index (χ1) is 7.59. The van der Waals surface area contributed by atoms with Gasteiger partial charge in [0, 0.05) is 10.0 Å². The van der Waals surface area contributed by atoms with Crippen LogP contribution in [0.3, 0.4) is 0 Å². The van der Waals surface area contributed by atoms with Gasteiger partial charge in [-0.15, -0.1) is 0 Å². The number of nitrogens with zero attached hydrogens (tertiary/aromatic N) is 1. The summed E-state index contributed by atoms with van der Waals surface area (Å²) in [5.41, 5.74) is 1.68. The Morgan fingerprint density at radius 1 is 1.50 bits per heavy atom. The Morgan fingerprint density at radius 3 is 2.88 bits per heavy atom. The van der Waals surface area contributed by atoms with Crippen molar-refractivity contribution in [3.8, 4) is 11.3 Å². The lowest BCUT2D eigenvalue weighted by atomic mass is 10.1. The van der Waals surface area contributed by atoms with Crippen molar-refractivity contribution < 1.29 is 14.3 Å². The fourth-order valence-corrected chi connectivity index (χ4v) is 1.72. The number of hydrogen-bond acceptors (Lipinski definition) is 3. The Labute approximate surface area is 100 Å². The summed E-state index contributed by atoms with van der Waals surface area (Å²) < 4.78 is 5.99. The van der Waals surface area contributed by atoms with Gasteiger partial charge in [0.05, 0.1) is 0 Å². The van der Waals surface area contributed by atoms with E-state index in [9.17, 15) is 4.79 Å². The summed E-state index contributed by atoms with van der Waals surface area (Å²) in [6.45, 7) is 1.95. The molecule has 0 aliphatic heterocycles. The number of benzene rings is 1. The van der Waals surface area contributed by atoms with Crippen LogP contribution in [0.15, 0.2) is 33.5 Å². The SMILES string of the molecule is Cc1ccc(-c2ocnc2C(=O)O)cc1Br. The van der Waals surface area contributed by atoms with E-state index in [0.29, 0.717) is 5.56 Å². The smallest absolute Gasteiger partial charge is 0.358 e. The number of aryl methyl sites for hydroxylation is 1. The maximum absolute atomic E-state index is 10.9. The molecule has 5 heteroatoms. The minimum Gasteiger partial charge on any atom is -0.476 e. The summed E-state index contributed by atoms with van der Waals surface area (Å²) in [5, 5.41) is 8.91. The van der Waals surface area contributed by atoms with Gasteiger partial charge in [0.25, 0.3) is 0 Å². The topological polar surface area (TPSA) is 63.3 Å². The van der Waals surface area contributed by atoms with E-state index in [1.807, 2.05) is 19.1 Å². The molecular formula is C11H8BrNO3. The lowest BCUT2D eigenvalue weighted by Gasteiger charge is -2.01. The van der Waals surface area contributed by atoms with Gasteiger partial charge in [-0.1, -0.05) is 28.1 Å². The maximum atomic E-state index is 10.9. The van der Waals surface area contributed by atoms with Gasteiger partial charge in [0.2, 0.25) is 0 Å². The predicted octanol–water partition coefficient (Wildman–Crippen LogP) is 3.11. The second-order valence-electron chi connectivity index (χ2n) is 3.30. The Kier molecular flexibility index (Phi) is 2.78. The monoisotopic (exact) mass is 281 g/mol. The molecule has 0 aliphatic carbocycles. The van der Waals surface area contributed by atoms with Crippen molar-refractivity contribution in [1.29, 1.82) is 0 Å². The molecule has 2 aromatic rings.